The number of halogens is 1. The molecular weight excluding hydrogens is 340 g/mol. The molecule has 1 heterocycles. The monoisotopic (exact) mass is 358 g/mol. The predicted molar refractivity (Wildman–Crippen MR) is 98.6 cm³/mol. The van der Waals surface area contributed by atoms with Gasteiger partial charge in [-0.2, -0.15) is 0 Å². The maximum absolute atomic E-state index is 12.0. The van der Waals surface area contributed by atoms with E-state index >= 15 is 0 Å². The maximum atomic E-state index is 12.0. The molecule has 1 fully saturated rings. The zero-order chi connectivity index (χ0) is 18.0. The molecule has 1 aliphatic rings. The number of rotatable bonds is 5. The van der Waals surface area contributed by atoms with E-state index in [1.54, 1.807) is 24.3 Å². The Labute approximate surface area is 151 Å². The van der Waals surface area contributed by atoms with E-state index in [-0.39, 0.29) is 11.8 Å². The molecule has 0 radical (unpaired) electrons. The Hall–Kier alpha value is -2.53. The van der Waals surface area contributed by atoms with Crippen LogP contribution < -0.4 is 10.6 Å². The molecule has 0 saturated heterocycles. The van der Waals surface area contributed by atoms with Gasteiger partial charge in [0.1, 0.15) is 11.5 Å². The standard InChI is InChI=1S/C19H19ClN2O3/c1-11-9-15(11)18-7-4-14(25-18)5-8-19(24)22-13-3-6-17(16(20)10-13)21-12(2)23/h3-8,10-11,15H,9H2,1-2H3,(H,21,23)(H,22,24). The fraction of sp³-hybridized carbons (Fsp3) is 0.263. The quantitative estimate of drug-likeness (QED) is 0.763. The molecule has 0 aliphatic heterocycles. The molecule has 3 rings (SSSR count). The smallest absolute Gasteiger partial charge is 0.248 e. The van der Waals surface area contributed by atoms with E-state index in [1.807, 2.05) is 12.1 Å². The number of amides is 2. The van der Waals surface area contributed by atoms with Crippen LogP contribution in [-0.2, 0) is 9.59 Å². The normalized spacial score (nSPS) is 19.0. The summed E-state index contributed by atoms with van der Waals surface area (Å²) in [4.78, 5) is 23.1. The Morgan fingerprint density at radius 2 is 2.00 bits per heavy atom. The van der Waals surface area contributed by atoms with Gasteiger partial charge in [0, 0.05) is 24.6 Å². The highest BCUT2D eigenvalue weighted by Gasteiger charge is 2.36. The molecule has 5 nitrogen and oxygen atoms in total. The van der Waals surface area contributed by atoms with Crippen molar-refractivity contribution in [3.8, 4) is 0 Å². The number of hydrogen-bond acceptors (Lipinski definition) is 3. The van der Waals surface area contributed by atoms with Crippen LogP contribution in [0.1, 0.15) is 37.7 Å². The Morgan fingerprint density at radius 1 is 1.24 bits per heavy atom. The molecule has 2 amide bonds. The van der Waals surface area contributed by atoms with Crippen molar-refractivity contribution in [3.05, 3.63) is 53.0 Å². The second-order valence-corrected chi connectivity index (χ2v) is 6.67. The van der Waals surface area contributed by atoms with E-state index < -0.39 is 0 Å². The molecule has 1 aliphatic carbocycles. The van der Waals surface area contributed by atoms with Crippen molar-refractivity contribution >= 4 is 40.9 Å². The van der Waals surface area contributed by atoms with E-state index in [0.717, 1.165) is 12.2 Å². The van der Waals surface area contributed by atoms with Gasteiger partial charge in [-0.25, -0.2) is 0 Å². The highest BCUT2D eigenvalue weighted by atomic mass is 35.5. The fourth-order valence-electron chi connectivity index (χ4n) is 2.60. The van der Waals surface area contributed by atoms with Gasteiger partial charge in [0.25, 0.3) is 0 Å². The van der Waals surface area contributed by atoms with Crippen LogP contribution in [0, 0.1) is 5.92 Å². The summed E-state index contributed by atoms with van der Waals surface area (Å²) in [6.45, 7) is 3.60. The Bertz CT molecular complexity index is 841. The first-order valence-electron chi connectivity index (χ1n) is 8.08. The Morgan fingerprint density at radius 3 is 2.64 bits per heavy atom. The number of benzene rings is 1. The average molecular weight is 359 g/mol. The molecule has 0 bridgehead atoms. The zero-order valence-corrected chi connectivity index (χ0v) is 14.8. The first-order valence-corrected chi connectivity index (χ1v) is 8.46. The summed E-state index contributed by atoms with van der Waals surface area (Å²) >= 11 is 6.08. The molecule has 1 aromatic heterocycles. The molecule has 1 aromatic carbocycles. The van der Waals surface area contributed by atoms with Crippen molar-refractivity contribution in [2.45, 2.75) is 26.2 Å². The van der Waals surface area contributed by atoms with Crippen LogP contribution in [0.15, 0.2) is 40.8 Å². The van der Waals surface area contributed by atoms with Crippen molar-refractivity contribution < 1.29 is 14.0 Å². The SMILES string of the molecule is CC(=O)Nc1ccc(NC(=O)C=Cc2ccc(C3CC3C)o2)cc1Cl. The molecule has 1 saturated carbocycles. The predicted octanol–water partition coefficient (Wildman–Crippen LogP) is 4.67. The lowest BCUT2D eigenvalue weighted by Gasteiger charge is -2.07. The highest BCUT2D eigenvalue weighted by Crippen LogP contribution is 2.47. The maximum Gasteiger partial charge on any atom is 0.248 e. The Kier molecular flexibility index (Phi) is 4.95. The van der Waals surface area contributed by atoms with Crippen LogP contribution in [0.3, 0.4) is 0 Å². The van der Waals surface area contributed by atoms with Gasteiger partial charge in [-0.15, -0.1) is 0 Å². The first kappa shape index (κ1) is 17.3. The van der Waals surface area contributed by atoms with E-state index in [4.69, 9.17) is 16.0 Å². The molecule has 2 atom stereocenters. The summed E-state index contributed by atoms with van der Waals surface area (Å²) in [5, 5.41) is 5.68. The lowest BCUT2D eigenvalue weighted by atomic mass is 10.2. The van der Waals surface area contributed by atoms with Crippen LogP contribution in [0.4, 0.5) is 11.4 Å². The molecule has 2 unspecified atom stereocenters. The van der Waals surface area contributed by atoms with Crippen LogP contribution in [-0.4, -0.2) is 11.8 Å². The van der Waals surface area contributed by atoms with E-state index in [2.05, 4.69) is 17.6 Å². The van der Waals surface area contributed by atoms with E-state index in [9.17, 15) is 9.59 Å². The van der Waals surface area contributed by atoms with E-state index in [1.165, 1.54) is 13.0 Å². The minimum Gasteiger partial charge on any atom is -0.461 e. The van der Waals surface area contributed by atoms with Gasteiger partial charge in [-0.1, -0.05) is 18.5 Å². The van der Waals surface area contributed by atoms with Gasteiger partial charge < -0.3 is 15.1 Å². The number of nitrogens with one attached hydrogen (secondary N) is 2. The van der Waals surface area contributed by atoms with Crippen molar-refractivity contribution in [1.82, 2.24) is 0 Å². The molecule has 25 heavy (non-hydrogen) atoms. The van der Waals surface area contributed by atoms with Crippen molar-refractivity contribution in [2.24, 2.45) is 5.92 Å². The average Bonchev–Trinajstić information content (AvgIpc) is 3.08. The molecule has 0 spiro atoms. The lowest BCUT2D eigenvalue weighted by molar-refractivity contribution is -0.114. The third-order valence-corrected chi connectivity index (χ3v) is 4.38. The van der Waals surface area contributed by atoms with Crippen LogP contribution in [0.25, 0.3) is 6.08 Å². The number of furan rings is 1. The van der Waals surface area contributed by atoms with Crippen LogP contribution in [0.5, 0.6) is 0 Å². The van der Waals surface area contributed by atoms with Gasteiger partial charge in [0.15, 0.2) is 0 Å². The van der Waals surface area contributed by atoms with Crippen molar-refractivity contribution in [1.29, 1.82) is 0 Å². The minimum atomic E-state index is -0.291. The molecule has 6 heteroatoms. The fourth-order valence-corrected chi connectivity index (χ4v) is 2.83. The Balaban J connectivity index is 1.59. The zero-order valence-electron chi connectivity index (χ0n) is 14.0. The minimum absolute atomic E-state index is 0.208. The molecule has 2 aromatic rings. The largest absolute Gasteiger partial charge is 0.461 e. The summed E-state index contributed by atoms with van der Waals surface area (Å²) < 4.78 is 5.72. The number of carbonyl (C=O) groups excluding carboxylic acids is 2. The lowest BCUT2D eigenvalue weighted by Crippen LogP contribution is -2.09. The van der Waals surface area contributed by atoms with Crippen LogP contribution >= 0.6 is 11.6 Å². The van der Waals surface area contributed by atoms with Crippen LogP contribution in [0.2, 0.25) is 5.02 Å². The number of hydrogen-bond donors (Lipinski definition) is 2. The molecule has 130 valence electrons. The third kappa shape index (κ3) is 4.51. The summed E-state index contributed by atoms with van der Waals surface area (Å²) in [6.07, 6.45) is 4.21. The first-order chi connectivity index (χ1) is 11.9. The summed E-state index contributed by atoms with van der Waals surface area (Å²) in [5.41, 5.74) is 1.04. The van der Waals surface area contributed by atoms with Gasteiger partial charge in [0.05, 0.1) is 10.7 Å². The molecule has 2 N–H and O–H groups in total. The third-order valence-electron chi connectivity index (χ3n) is 4.07. The van der Waals surface area contributed by atoms with Gasteiger partial charge in [0.2, 0.25) is 11.8 Å². The van der Waals surface area contributed by atoms with E-state index in [0.29, 0.717) is 34.0 Å². The number of anilines is 2. The van der Waals surface area contributed by atoms with Crippen molar-refractivity contribution in [2.75, 3.05) is 10.6 Å². The highest BCUT2D eigenvalue weighted by molar-refractivity contribution is 6.34. The summed E-state index contributed by atoms with van der Waals surface area (Å²) in [5.74, 6) is 2.33. The van der Waals surface area contributed by atoms with Gasteiger partial charge in [-0.05, 0) is 48.7 Å². The van der Waals surface area contributed by atoms with Gasteiger partial charge in [-0.3, -0.25) is 9.59 Å². The topological polar surface area (TPSA) is 71.3 Å². The second-order valence-electron chi connectivity index (χ2n) is 6.26. The molecular formula is C19H19ClN2O3. The van der Waals surface area contributed by atoms with Crippen molar-refractivity contribution in [3.63, 3.8) is 0 Å². The number of carbonyl (C=O) groups is 2. The van der Waals surface area contributed by atoms with Gasteiger partial charge >= 0.3 is 0 Å². The summed E-state index contributed by atoms with van der Waals surface area (Å²) in [7, 11) is 0. The second kappa shape index (κ2) is 7.15. The summed E-state index contributed by atoms with van der Waals surface area (Å²) in [6, 6.07) is 8.72.